The van der Waals surface area contributed by atoms with Crippen LogP contribution in [0.15, 0.2) is 18.2 Å². The average molecular weight is 399 g/mol. The first-order valence-corrected chi connectivity index (χ1v) is 8.22. The number of hydrogen-bond acceptors (Lipinski definition) is 4. The first kappa shape index (κ1) is 19.8. The van der Waals surface area contributed by atoms with E-state index in [0.29, 0.717) is 31.0 Å². The number of hydroxylamine groups is 1. The number of nitrogens with zero attached hydrogens (tertiary/aromatic N) is 1. The van der Waals surface area contributed by atoms with Crippen LogP contribution in [0.5, 0.6) is 0 Å². The Morgan fingerprint density at radius 1 is 1.20 bits per heavy atom. The zero-order valence-corrected chi connectivity index (χ0v) is 14.4. The van der Waals surface area contributed by atoms with Crippen LogP contribution < -0.4 is 10.4 Å². The van der Waals surface area contributed by atoms with Gasteiger partial charge in [0.05, 0.1) is 15.7 Å². The van der Waals surface area contributed by atoms with Crippen LogP contribution in [0.2, 0.25) is 10.0 Å². The summed E-state index contributed by atoms with van der Waals surface area (Å²) in [7, 11) is 0. The van der Waals surface area contributed by atoms with Crippen LogP contribution in [0.1, 0.15) is 19.3 Å². The summed E-state index contributed by atoms with van der Waals surface area (Å²) >= 11 is 11.6. The lowest BCUT2D eigenvalue weighted by Crippen LogP contribution is -2.40. The number of halogens is 5. The van der Waals surface area contributed by atoms with Crippen LogP contribution in [-0.2, 0) is 14.4 Å². The summed E-state index contributed by atoms with van der Waals surface area (Å²) in [5, 5.41) is 3.62. The third kappa shape index (κ3) is 5.49. The van der Waals surface area contributed by atoms with Gasteiger partial charge in [0.2, 0.25) is 0 Å². The third-order valence-electron chi connectivity index (χ3n) is 3.69. The Hall–Kier alpha value is -1.51. The number of piperidine rings is 1. The van der Waals surface area contributed by atoms with Gasteiger partial charge in [-0.15, -0.1) is 5.06 Å². The minimum Gasteiger partial charge on any atom is -0.324 e. The number of amides is 1. The number of nitrogens with one attached hydrogen (secondary N) is 1. The molecule has 0 saturated carbocycles. The minimum absolute atomic E-state index is 0.0105. The monoisotopic (exact) mass is 398 g/mol. The van der Waals surface area contributed by atoms with Gasteiger partial charge in [-0.1, -0.05) is 23.2 Å². The second-order valence-electron chi connectivity index (χ2n) is 5.56. The molecular formula is C15H15Cl2F3N2O3. The van der Waals surface area contributed by atoms with Crippen molar-refractivity contribution in [2.24, 2.45) is 5.92 Å². The molecule has 0 radical (unpaired) electrons. The van der Waals surface area contributed by atoms with Gasteiger partial charge in [-0.05, 0) is 50.0 Å². The lowest BCUT2D eigenvalue weighted by molar-refractivity contribution is -0.201. The molecule has 25 heavy (non-hydrogen) atoms. The number of anilines is 1. The summed E-state index contributed by atoms with van der Waals surface area (Å²) in [6, 6.07) is 3.71. The van der Waals surface area contributed by atoms with E-state index in [9.17, 15) is 22.8 Å². The third-order valence-corrected chi connectivity index (χ3v) is 4.43. The Kier molecular flexibility index (Phi) is 6.53. The van der Waals surface area contributed by atoms with Crippen LogP contribution in [0.4, 0.5) is 18.9 Å². The van der Waals surface area contributed by atoms with Gasteiger partial charge in [0.1, 0.15) is 0 Å². The average Bonchev–Trinajstić information content (AvgIpc) is 2.55. The maximum Gasteiger partial charge on any atom is 0.493 e. The van der Waals surface area contributed by atoms with E-state index in [1.54, 1.807) is 0 Å². The summed E-state index contributed by atoms with van der Waals surface area (Å²) in [5.74, 6) is -3.26. The second-order valence-corrected chi connectivity index (χ2v) is 6.37. The van der Waals surface area contributed by atoms with E-state index < -0.39 is 18.1 Å². The fourth-order valence-electron chi connectivity index (χ4n) is 2.41. The van der Waals surface area contributed by atoms with Gasteiger partial charge in [0.15, 0.2) is 0 Å². The molecule has 0 spiro atoms. The molecule has 0 aromatic heterocycles. The van der Waals surface area contributed by atoms with Crippen LogP contribution in [-0.4, -0.2) is 31.1 Å². The molecule has 1 heterocycles. The van der Waals surface area contributed by atoms with Gasteiger partial charge in [-0.25, -0.2) is 4.79 Å². The quantitative estimate of drug-likeness (QED) is 0.787. The molecule has 0 bridgehead atoms. The zero-order chi connectivity index (χ0) is 18.6. The molecule has 5 nitrogen and oxygen atoms in total. The summed E-state index contributed by atoms with van der Waals surface area (Å²) < 4.78 is 37.6. The van der Waals surface area contributed by atoms with Crippen LogP contribution in [0.3, 0.4) is 0 Å². The van der Waals surface area contributed by atoms with Gasteiger partial charge in [-0.3, -0.25) is 4.79 Å². The number of benzene rings is 1. The standard InChI is InChI=1S/C15H15Cl2F3N2O3/c16-11-2-1-10(8-12(11)17)22(25-14(24)15(18,19)20)13(23)7-9-3-5-21-6-4-9/h1-2,8-9,21H,3-7H2. The maximum atomic E-state index is 12.5. The fraction of sp³-hybridized carbons (Fsp3) is 0.467. The van der Waals surface area contributed by atoms with Crippen molar-refractivity contribution in [3.05, 3.63) is 28.2 Å². The second kappa shape index (κ2) is 8.25. The topological polar surface area (TPSA) is 58.6 Å². The van der Waals surface area contributed by atoms with Crippen molar-refractivity contribution in [1.29, 1.82) is 0 Å². The van der Waals surface area contributed by atoms with Gasteiger partial charge < -0.3 is 10.2 Å². The Balaban J connectivity index is 2.22. The van der Waals surface area contributed by atoms with E-state index in [1.807, 2.05) is 0 Å². The van der Waals surface area contributed by atoms with E-state index in [1.165, 1.54) is 12.1 Å². The van der Waals surface area contributed by atoms with Crippen LogP contribution >= 0.6 is 23.2 Å². The first-order chi connectivity index (χ1) is 11.7. The van der Waals surface area contributed by atoms with Crippen molar-refractivity contribution in [3.63, 3.8) is 0 Å². The van der Waals surface area contributed by atoms with Crippen molar-refractivity contribution >= 4 is 40.8 Å². The van der Waals surface area contributed by atoms with Gasteiger partial charge >= 0.3 is 12.1 Å². The van der Waals surface area contributed by atoms with E-state index in [0.717, 1.165) is 6.07 Å². The number of hydrogen-bond donors (Lipinski definition) is 1. The molecule has 1 saturated heterocycles. The van der Waals surface area contributed by atoms with Crippen molar-refractivity contribution in [3.8, 4) is 0 Å². The molecule has 1 aliphatic rings. The van der Waals surface area contributed by atoms with Crippen molar-refractivity contribution < 1.29 is 27.6 Å². The molecule has 0 atom stereocenters. The minimum atomic E-state index is -5.23. The Morgan fingerprint density at radius 2 is 1.84 bits per heavy atom. The number of alkyl halides is 3. The largest absolute Gasteiger partial charge is 0.493 e. The van der Waals surface area contributed by atoms with Crippen LogP contribution in [0, 0.1) is 5.92 Å². The number of carbonyl (C=O) groups excluding carboxylic acids is 2. The predicted octanol–water partition coefficient (Wildman–Crippen LogP) is 3.74. The van der Waals surface area contributed by atoms with Crippen molar-refractivity contribution in [1.82, 2.24) is 5.32 Å². The summed E-state index contributed by atoms with van der Waals surface area (Å²) in [6.45, 7) is 1.43. The van der Waals surface area contributed by atoms with E-state index >= 15 is 0 Å². The predicted molar refractivity (Wildman–Crippen MR) is 86.3 cm³/mol. The number of carbonyl (C=O) groups is 2. The Bertz CT molecular complexity index is 649. The molecule has 1 aromatic carbocycles. The summed E-state index contributed by atoms with van der Waals surface area (Å²) in [6.07, 6.45) is -3.88. The molecule has 2 rings (SSSR count). The molecule has 1 N–H and O–H groups in total. The Morgan fingerprint density at radius 3 is 2.40 bits per heavy atom. The zero-order valence-electron chi connectivity index (χ0n) is 12.9. The fourth-order valence-corrected chi connectivity index (χ4v) is 2.70. The van der Waals surface area contributed by atoms with Gasteiger partial charge in [-0.2, -0.15) is 13.2 Å². The first-order valence-electron chi connectivity index (χ1n) is 7.46. The van der Waals surface area contributed by atoms with E-state index in [4.69, 9.17) is 23.2 Å². The highest BCUT2D eigenvalue weighted by molar-refractivity contribution is 6.42. The molecule has 1 amide bonds. The Labute approximate surface area is 152 Å². The maximum absolute atomic E-state index is 12.5. The molecule has 138 valence electrons. The molecule has 10 heteroatoms. The van der Waals surface area contributed by atoms with E-state index in [2.05, 4.69) is 10.2 Å². The van der Waals surface area contributed by atoms with E-state index in [-0.39, 0.29) is 28.1 Å². The highest BCUT2D eigenvalue weighted by Crippen LogP contribution is 2.30. The smallest absolute Gasteiger partial charge is 0.324 e. The van der Waals surface area contributed by atoms with Gasteiger partial charge in [0.25, 0.3) is 5.91 Å². The molecule has 1 fully saturated rings. The summed E-state index contributed by atoms with van der Waals surface area (Å²) in [4.78, 5) is 27.9. The molecule has 1 aliphatic heterocycles. The van der Waals surface area contributed by atoms with Gasteiger partial charge in [0, 0.05) is 6.42 Å². The highest BCUT2D eigenvalue weighted by atomic mass is 35.5. The summed E-state index contributed by atoms with van der Waals surface area (Å²) in [5.41, 5.74) is -0.106. The normalized spacial score (nSPS) is 15.7. The molecule has 0 unspecified atom stereocenters. The molecule has 0 aliphatic carbocycles. The van der Waals surface area contributed by atoms with Crippen molar-refractivity contribution in [2.75, 3.05) is 18.2 Å². The highest BCUT2D eigenvalue weighted by Gasteiger charge is 2.44. The lowest BCUT2D eigenvalue weighted by Gasteiger charge is -2.26. The molecule has 1 aromatic rings. The number of rotatable bonds is 3. The SMILES string of the molecule is O=C(CC1CCNCC1)N(OC(=O)C(F)(F)F)c1ccc(Cl)c(Cl)c1. The lowest BCUT2D eigenvalue weighted by atomic mass is 9.94. The molecular weight excluding hydrogens is 384 g/mol. The van der Waals surface area contributed by atoms with Crippen LogP contribution in [0.25, 0.3) is 0 Å². The van der Waals surface area contributed by atoms with Crippen molar-refractivity contribution in [2.45, 2.75) is 25.4 Å².